The van der Waals surface area contributed by atoms with Gasteiger partial charge in [-0.25, -0.2) is 0 Å². The first-order valence-electron chi connectivity index (χ1n) is 11.0. The summed E-state index contributed by atoms with van der Waals surface area (Å²) in [6, 6.07) is 9.14. The Morgan fingerprint density at radius 3 is 2.46 bits per heavy atom. The molecule has 1 N–H and O–H groups in total. The molecule has 5 nitrogen and oxygen atoms in total. The molecular formula is C23H35N3O2. The molecule has 0 atom stereocenters. The number of nitrogens with one attached hydrogen (secondary N) is 1. The molecule has 1 saturated carbocycles. The van der Waals surface area contributed by atoms with Gasteiger partial charge in [0.25, 0.3) is 0 Å². The maximum absolute atomic E-state index is 12.3. The molecule has 0 spiro atoms. The van der Waals surface area contributed by atoms with E-state index in [4.69, 9.17) is 0 Å². The monoisotopic (exact) mass is 385 g/mol. The number of hydrogen-bond acceptors (Lipinski definition) is 3. The summed E-state index contributed by atoms with van der Waals surface area (Å²) < 4.78 is 0. The van der Waals surface area contributed by atoms with Crippen molar-refractivity contribution in [3.63, 3.8) is 0 Å². The normalized spacial score (nSPS) is 19.0. The van der Waals surface area contributed by atoms with Crippen LogP contribution in [-0.4, -0.2) is 42.9 Å². The van der Waals surface area contributed by atoms with Gasteiger partial charge in [-0.15, -0.1) is 0 Å². The predicted molar refractivity (Wildman–Crippen MR) is 113 cm³/mol. The molecule has 1 aliphatic carbocycles. The Balaban J connectivity index is 1.46. The van der Waals surface area contributed by atoms with Crippen LogP contribution < -0.4 is 10.2 Å². The van der Waals surface area contributed by atoms with Gasteiger partial charge in [0.2, 0.25) is 11.8 Å². The highest BCUT2D eigenvalue weighted by Crippen LogP contribution is 2.26. The van der Waals surface area contributed by atoms with Gasteiger partial charge >= 0.3 is 0 Å². The Labute approximate surface area is 169 Å². The summed E-state index contributed by atoms with van der Waals surface area (Å²) in [5.74, 6) is 0.0438. The second-order valence-corrected chi connectivity index (χ2v) is 8.33. The van der Waals surface area contributed by atoms with Gasteiger partial charge in [0.15, 0.2) is 0 Å². The number of carbonyl (C=O) groups is 2. The topological polar surface area (TPSA) is 52.7 Å². The van der Waals surface area contributed by atoms with Crippen LogP contribution in [0.3, 0.4) is 0 Å². The molecule has 3 rings (SSSR count). The number of amides is 2. The van der Waals surface area contributed by atoms with Crippen LogP contribution in [0.5, 0.6) is 0 Å². The maximum Gasteiger partial charge on any atom is 0.239 e. The Bertz CT molecular complexity index is 638. The molecule has 0 unspecified atom stereocenters. The summed E-state index contributed by atoms with van der Waals surface area (Å²) >= 11 is 0. The fraction of sp³-hybridized carbons (Fsp3) is 0.652. The highest BCUT2D eigenvalue weighted by Gasteiger charge is 2.19. The lowest BCUT2D eigenvalue weighted by atomic mass is 9.94. The van der Waals surface area contributed by atoms with E-state index in [0.29, 0.717) is 25.6 Å². The van der Waals surface area contributed by atoms with Crippen LogP contribution >= 0.6 is 0 Å². The van der Waals surface area contributed by atoms with E-state index in [2.05, 4.69) is 41.5 Å². The van der Waals surface area contributed by atoms with Crippen LogP contribution in [-0.2, 0) is 16.1 Å². The fourth-order valence-electron chi connectivity index (χ4n) is 4.34. The Kier molecular flexibility index (Phi) is 7.75. The van der Waals surface area contributed by atoms with Crippen LogP contribution in [0, 0.1) is 0 Å². The number of rotatable bonds is 6. The summed E-state index contributed by atoms with van der Waals surface area (Å²) in [5, 5.41) is 2.97. The van der Waals surface area contributed by atoms with Crippen LogP contribution in [0.15, 0.2) is 24.3 Å². The third-order valence-corrected chi connectivity index (χ3v) is 6.21. The van der Waals surface area contributed by atoms with E-state index >= 15 is 0 Å². The molecule has 2 fully saturated rings. The van der Waals surface area contributed by atoms with Gasteiger partial charge in [0.1, 0.15) is 0 Å². The van der Waals surface area contributed by atoms with Crippen molar-refractivity contribution in [1.29, 1.82) is 0 Å². The predicted octanol–water partition coefficient (Wildman–Crippen LogP) is 3.86. The van der Waals surface area contributed by atoms with E-state index in [1.165, 1.54) is 37.8 Å². The molecule has 0 aromatic heterocycles. The average Bonchev–Trinajstić information content (AvgIpc) is 2.72. The Morgan fingerprint density at radius 2 is 1.71 bits per heavy atom. The van der Waals surface area contributed by atoms with E-state index in [0.717, 1.165) is 31.2 Å². The smallest absolute Gasteiger partial charge is 0.239 e. The van der Waals surface area contributed by atoms with Crippen molar-refractivity contribution in [3.05, 3.63) is 29.8 Å². The minimum Gasteiger partial charge on any atom is -0.372 e. The zero-order valence-electron chi connectivity index (χ0n) is 17.3. The molecule has 1 aliphatic heterocycles. The van der Waals surface area contributed by atoms with Gasteiger partial charge in [0.05, 0.1) is 6.54 Å². The zero-order valence-corrected chi connectivity index (χ0v) is 17.3. The van der Waals surface area contributed by atoms with E-state index in [-0.39, 0.29) is 18.4 Å². The van der Waals surface area contributed by atoms with Crippen LogP contribution in [0.25, 0.3) is 0 Å². The van der Waals surface area contributed by atoms with E-state index in [9.17, 15) is 9.59 Å². The van der Waals surface area contributed by atoms with E-state index in [1.54, 1.807) is 4.90 Å². The van der Waals surface area contributed by atoms with Crippen molar-refractivity contribution >= 4 is 17.5 Å². The van der Waals surface area contributed by atoms with E-state index < -0.39 is 0 Å². The summed E-state index contributed by atoms with van der Waals surface area (Å²) in [6.45, 7) is 1.39. The second kappa shape index (κ2) is 10.5. The van der Waals surface area contributed by atoms with Crippen molar-refractivity contribution in [2.75, 3.05) is 25.0 Å². The van der Waals surface area contributed by atoms with Crippen LogP contribution in [0.4, 0.5) is 5.69 Å². The van der Waals surface area contributed by atoms with Crippen LogP contribution in [0.2, 0.25) is 0 Å². The number of carbonyl (C=O) groups excluding carboxylic acids is 2. The van der Waals surface area contributed by atoms with Gasteiger partial charge < -0.3 is 15.1 Å². The summed E-state index contributed by atoms with van der Waals surface area (Å²) in [7, 11) is 2.19. The quantitative estimate of drug-likeness (QED) is 0.809. The van der Waals surface area contributed by atoms with Gasteiger partial charge in [-0.3, -0.25) is 9.59 Å². The second-order valence-electron chi connectivity index (χ2n) is 8.33. The van der Waals surface area contributed by atoms with Gasteiger partial charge in [0, 0.05) is 38.3 Å². The molecule has 28 heavy (non-hydrogen) atoms. The average molecular weight is 386 g/mol. The lowest BCUT2D eigenvalue weighted by Crippen LogP contribution is -2.41. The van der Waals surface area contributed by atoms with Gasteiger partial charge in [-0.05, 0) is 43.4 Å². The molecule has 1 heterocycles. The van der Waals surface area contributed by atoms with Crippen molar-refractivity contribution < 1.29 is 9.59 Å². The molecule has 1 aromatic carbocycles. The summed E-state index contributed by atoms with van der Waals surface area (Å²) in [4.78, 5) is 28.6. The summed E-state index contributed by atoms with van der Waals surface area (Å²) in [6.07, 6.45) is 11.4. The summed E-state index contributed by atoms with van der Waals surface area (Å²) in [5.41, 5.74) is 2.33. The van der Waals surface area contributed by atoms with Crippen molar-refractivity contribution in [1.82, 2.24) is 10.2 Å². The zero-order chi connectivity index (χ0) is 19.8. The molecule has 0 bridgehead atoms. The molecule has 0 radical (unpaired) electrons. The molecule has 1 saturated heterocycles. The Morgan fingerprint density at radius 1 is 1.04 bits per heavy atom. The third kappa shape index (κ3) is 5.98. The van der Waals surface area contributed by atoms with Gasteiger partial charge in [-0.1, -0.05) is 44.2 Å². The molecule has 2 amide bonds. The lowest BCUT2D eigenvalue weighted by molar-refractivity contribution is -0.136. The van der Waals surface area contributed by atoms with E-state index in [1.807, 2.05) is 0 Å². The van der Waals surface area contributed by atoms with Crippen molar-refractivity contribution in [3.8, 4) is 0 Å². The first-order valence-corrected chi connectivity index (χ1v) is 11.0. The minimum atomic E-state index is -0.0719. The third-order valence-electron chi connectivity index (χ3n) is 6.21. The maximum atomic E-state index is 12.3. The van der Waals surface area contributed by atoms with Crippen LogP contribution in [0.1, 0.15) is 69.8 Å². The fourth-order valence-corrected chi connectivity index (χ4v) is 4.34. The van der Waals surface area contributed by atoms with Gasteiger partial charge in [-0.2, -0.15) is 0 Å². The van der Waals surface area contributed by atoms with Crippen molar-refractivity contribution in [2.24, 2.45) is 0 Å². The first-order chi connectivity index (χ1) is 13.6. The first kappa shape index (κ1) is 20.7. The number of anilines is 1. The standard InChI is InChI=1S/C23H35N3O2/c1-25(20-9-5-4-6-10-20)21-14-12-19(13-15-21)17-24-22(27)18-26-16-8-3-2-7-11-23(26)28/h12-15,20H,2-11,16-18H2,1H3,(H,24,27). The molecule has 154 valence electrons. The molecular weight excluding hydrogens is 350 g/mol. The minimum absolute atomic E-state index is 0.0719. The number of nitrogens with zero attached hydrogens (tertiary/aromatic N) is 2. The largest absolute Gasteiger partial charge is 0.372 e. The molecule has 1 aromatic rings. The highest BCUT2D eigenvalue weighted by molar-refractivity contribution is 5.84. The number of benzene rings is 1. The number of hydrogen-bond donors (Lipinski definition) is 1. The van der Waals surface area contributed by atoms with Crippen molar-refractivity contribution in [2.45, 2.75) is 76.8 Å². The highest BCUT2D eigenvalue weighted by atomic mass is 16.2. The molecule has 5 heteroatoms. The lowest BCUT2D eigenvalue weighted by Gasteiger charge is -2.33. The Hall–Kier alpha value is -2.04. The SMILES string of the molecule is CN(c1ccc(CNC(=O)CN2CCCCCCC2=O)cc1)C1CCCCC1. The molecule has 2 aliphatic rings. The number of likely N-dealkylation sites (tertiary alicyclic amines) is 1.